The molecule has 34 heavy (non-hydrogen) atoms. The lowest BCUT2D eigenvalue weighted by Crippen LogP contribution is -2.30. The lowest BCUT2D eigenvalue weighted by atomic mass is 9.92. The largest absolute Gasteiger partial charge is 0.507 e. The number of ketones is 1. The van der Waals surface area contributed by atoms with E-state index < -0.39 is 29.4 Å². The van der Waals surface area contributed by atoms with Crippen molar-refractivity contribution in [2.75, 3.05) is 12.0 Å². The highest BCUT2D eigenvalue weighted by molar-refractivity contribution is 7.10. The van der Waals surface area contributed by atoms with E-state index in [1.807, 2.05) is 13.8 Å². The first-order valence-corrected chi connectivity index (χ1v) is 11.5. The maximum atomic E-state index is 14.7. The number of ether oxygens (including phenoxy) is 1. The number of hydrogen-bond donors (Lipinski definition) is 1. The highest BCUT2D eigenvalue weighted by atomic mass is 32.1. The number of halogens is 2. The maximum absolute atomic E-state index is 14.7. The molecule has 2 heterocycles. The SMILES string of the molecule is COc1cc(C)c(/C(O)=C2\C(=O)C(=O)N(c3cc(F)ccc3F)C2c2cccs2)cc1C(C)C. The number of methoxy groups -OCH3 is 1. The van der Waals surface area contributed by atoms with Crippen molar-refractivity contribution >= 4 is 34.5 Å². The van der Waals surface area contributed by atoms with Gasteiger partial charge in [0.15, 0.2) is 0 Å². The number of thiophene rings is 1. The summed E-state index contributed by atoms with van der Waals surface area (Å²) in [6.45, 7) is 5.69. The van der Waals surface area contributed by atoms with Gasteiger partial charge < -0.3 is 9.84 Å². The van der Waals surface area contributed by atoms with E-state index in [1.54, 1.807) is 43.7 Å². The van der Waals surface area contributed by atoms with E-state index in [-0.39, 0.29) is 22.9 Å². The molecule has 1 saturated heterocycles. The Kier molecular flexibility index (Phi) is 6.27. The Hall–Kier alpha value is -3.52. The summed E-state index contributed by atoms with van der Waals surface area (Å²) in [6, 6.07) is 8.48. The summed E-state index contributed by atoms with van der Waals surface area (Å²) >= 11 is 1.24. The molecule has 1 aliphatic rings. The standard InChI is InChI=1S/C26H23F2NO4S/c1-13(2)16-12-17(14(3)10-20(16)33-4)24(30)22-23(21-6-5-9-34-21)29(26(32)25(22)31)19-11-15(27)7-8-18(19)28/h5-13,23,30H,1-4H3/b24-22+. The molecule has 1 N–H and O–H groups in total. The number of carbonyl (C=O) groups excluding carboxylic acids is 2. The number of nitrogens with zero attached hydrogens (tertiary/aromatic N) is 1. The van der Waals surface area contributed by atoms with Crippen LogP contribution in [0.1, 0.15) is 47.4 Å². The second kappa shape index (κ2) is 9.02. The molecule has 2 aromatic carbocycles. The minimum atomic E-state index is -1.11. The second-order valence-corrected chi connectivity index (χ2v) is 9.32. The third-order valence-electron chi connectivity index (χ3n) is 5.88. The number of aliphatic hydroxyl groups is 1. The maximum Gasteiger partial charge on any atom is 0.300 e. The van der Waals surface area contributed by atoms with Crippen molar-refractivity contribution in [3.8, 4) is 5.75 Å². The van der Waals surface area contributed by atoms with Gasteiger partial charge in [-0.3, -0.25) is 14.5 Å². The molecule has 1 amide bonds. The molecule has 8 heteroatoms. The summed E-state index contributed by atoms with van der Waals surface area (Å²) in [5.41, 5.74) is 1.26. The fraction of sp³-hybridized carbons (Fsp3) is 0.231. The first kappa shape index (κ1) is 23.6. The van der Waals surface area contributed by atoms with Gasteiger partial charge in [0, 0.05) is 16.5 Å². The first-order valence-electron chi connectivity index (χ1n) is 10.6. The van der Waals surface area contributed by atoms with Crippen LogP contribution in [0.5, 0.6) is 5.75 Å². The quantitative estimate of drug-likeness (QED) is 0.271. The van der Waals surface area contributed by atoms with Gasteiger partial charge in [-0.2, -0.15) is 0 Å². The fourth-order valence-electron chi connectivity index (χ4n) is 4.19. The second-order valence-electron chi connectivity index (χ2n) is 8.34. The molecular formula is C26H23F2NO4S. The summed E-state index contributed by atoms with van der Waals surface area (Å²) in [6.07, 6.45) is 0. The van der Waals surface area contributed by atoms with E-state index in [9.17, 15) is 23.5 Å². The molecule has 1 aliphatic heterocycles. The van der Waals surface area contributed by atoms with Gasteiger partial charge in [0.25, 0.3) is 11.7 Å². The van der Waals surface area contributed by atoms with Crippen LogP contribution in [0.3, 0.4) is 0 Å². The topological polar surface area (TPSA) is 66.8 Å². The molecule has 5 nitrogen and oxygen atoms in total. The molecule has 1 unspecified atom stereocenters. The van der Waals surface area contributed by atoms with Gasteiger partial charge in [0.05, 0.1) is 18.4 Å². The van der Waals surface area contributed by atoms with Crippen LogP contribution in [0, 0.1) is 18.6 Å². The summed E-state index contributed by atoms with van der Waals surface area (Å²) in [4.78, 5) is 27.8. The van der Waals surface area contributed by atoms with Crippen LogP contribution in [0.25, 0.3) is 5.76 Å². The minimum Gasteiger partial charge on any atom is -0.507 e. The molecule has 3 aromatic rings. The summed E-state index contributed by atoms with van der Waals surface area (Å²) < 4.78 is 34.2. The monoisotopic (exact) mass is 483 g/mol. The van der Waals surface area contributed by atoms with E-state index in [4.69, 9.17) is 4.74 Å². The summed E-state index contributed by atoms with van der Waals surface area (Å²) in [7, 11) is 1.55. The molecule has 1 aromatic heterocycles. The van der Waals surface area contributed by atoms with Gasteiger partial charge in [0.2, 0.25) is 0 Å². The third-order valence-corrected chi connectivity index (χ3v) is 6.80. The van der Waals surface area contributed by atoms with Crippen LogP contribution in [-0.2, 0) is 9.59 Å². The van der Waals surface area contributed by atoms with Crippen molar-refractivity contribution < 1.29 is 28.2 Å². The normalized spacial score (nSPS) is 17.6. The number of benzene rings is 2. The van der Waals surface area contributed by atoms with Gasteiger partial charge in [-0.05, 0) is 59.7 Å². The Labute approximate surface area is 199 Å². The number of carbonyl (C=O) groups is 2. The van der Waals surface area contributed by atoms with Gasteiger partial charge >= 0.3 is 0 Å². The van der Waals surface area contributed by atoms with Crippen LogP contribution in [0.15, 0.2) is 53.4 Å². The Morgan fingerprint density at radius 1 is 1.15 bits per heavy atom. The average molecular weight is 484 g/mol. The highest BCUT2D eigenvalue weighted by Crippen LogP contribution is 2.45. The predicted molar refractivity (Wildman–Crippen MR) is 127 cm³/mol. The van der Waals surface area contributed by atoms with Crippen molar-refractivity contribution in [2.45, 2.75) is 32.7 Å². The van der Waals surface area contributed by atoms with Crippen molar-refractivity contribution in [1.82, 2.24) is 0 Å². The Balaban J connectivity index is 1.98. The Morgan fingerprint density at radius 3 is 2.50 bits per heavy atom. The minimum absolute atomic E-state index is 0.0546. The number of aryl methyl sites for hydroxylation is 1. The van der Waals surface area contributed by atoms with Crippen LogP contribution >= 0.6 is 11.3 Å². The molecule has 1 atom stereocenters. The van der Waals surface area contributed by atoms with Gasteiger partial charge in [-0.25, -0.2) is 8.78 Å². The van der Waals surface area contributed by atoms with Gasteiger partial charge in [0.1, 0.15) is 29.2 Å². The number of aliphatic hydroxyl groups excluding tert-OH is 1. The lowest BCUT2D eigenvalue weighted by Gasteiger charge is -2.25. The molecule has 0 spiro atoms. The molecular weight excluding hydrogens is 460 g/mol. The van der Waals surface area contributed by atoms with Crippen LogP contribution < -0.4 is 9.64 Å². The number of hydrogen-bond acceptors (Lipinski definition) is 5. The smallest absolute Gasteiger partial charge is 0.300 e. The Bertz CT molecular complexity index is 1310. The number of rotatable bonds is 5. The zero-order chi connectivity index (χ0) is 24.7. The highest BCUT2D eigenvalue weighted by Gasteiger charge is 2.48. The number of anilines is 1. The molecule has 0 radical (unpaired) electrons. The Morgan fingerprint density at radius 2 is 1.88 bits per heavy atom. The van der Waals surface area contributed by atoms with Crippen molar-refractivity contribution in [3.63, 3.8) is 0 Å². The van der Waals surface area contributed by atoms with E-state index in [0.29, 0.717) is 21.8 Å². The van der Waals surface area contributed by atoms with Crippen LogP contribution in [-0.4, -0.2) is 23.9 Å². The van der Waals surface area contributed by atoms with Gasteiger partial charge in [-0.1, -0.05) is 19.9 Å². The lowest BCUT2D eigenvalue weighted by molar-refractivity contribution is -0.132. The van der Waals surface area contributed by atoms with E-state index in [0.717, 1.165) is 28.7 Å². The van der Waals surface area contributed by atoms with Crippen molar-refractivity contribution in [1.29, 1.82) is 0 Å². The molecule has 4 rings (SSSR count). The third kappa shape index (κ3) is 3.88. The number of Topliss-reactive ketones (excluding diaryl/α,β-unsaturated/α-hetero) is 1. The average Bonchev–Trinajstić information content (AvgIpc) is 3.41. The first-order chi connectivity index (χ1) is 16.1. The van der Waals surface area contributed by atoms with Crippen molar-refractivity contribution in [3.05, 3.63) is 86.6 Å². The molecule has 0 saturated carbocycles. The molecule has 1 fully saturated rings. The van der Waals surface area contributed by atoms with E-state index in [1.165, 1.54) is 11.3 Å². The van der Waals surface area contributed by atoms with E-state index >= 15 is 0 Å². The van der Waals surface area contributed by atoms with Crippen LogP contribution in [0.4, 0.5) is 14.5 Å². The van der Waals surface area contributed by atoms with Crippen molar-refractivity contribution in [2.24, 2.45) is 0 Å². The predicted octanol–water partition coefficient (Wildman–Crippen LogP) is 6.09. The zero-order valence-electron chi connectivity index (χ0n) is 19.1. The summed E-state index contributed by atoms with van der Waals surface area (Å²) in [5.74, 6) is -3.30. The number of amides is 1. The molecule has 0 bridgehead atoms. The van der Waals surface area contributed by atoms with Crippen LogP contribution in [0.2, 0.25) is 0 Å². The van der Waals surface area contributed by atoms with Gasteiger partial charge in [-0.15, -0.1) is 11.3 Å². The summed E-state index contributed by atoms with van der Waals surface area (Å²) in [5, 5.41) is 13.1. The zero-order valence-corrected chi connectivity index (χ0v) is 19.9. The molecule has 176 valence electrons. The fourth-order valence-corrected chi connectivity index (χ4v) is 5.02. The molecule has 0 aliphatic carbocycles. The van der Waals surface area contributed by atoms with E-state index in [2.05, 4.69) is 0 Å².